The Balaban J connectivity index is 1.48. The van der Waals surface area contributed by atoms with Crippen molar-refractivity contribution in [3.05, 3.63) is 87.8 Å². The maximum atomic E-state index is 13.1. The Bertz CT molecular complexity index is 1280. The molecule has 0 unspecified atom stereocenters. The van der Waals surface area contributed by atoms with E-state index in [0.29, 0.717) is 28.5 Å². The molecule has 180 valence electrons. The number of nitrogens with one attached hydrogen (secondary N) is 1. The van der Waals surface area contributed by atoms with Crippen molar-refractivity contribution >= 4 is 35.3 Å². The average Bonchev–Trinajstić information content (AvgIpc) is 2.88. The Labute approximate surface area is 209 Å². The lowest BCUT2D eigenvalue weighted by atomic mass is 10.1. The smallest absolute Gasteiger partial charge is 0.264 e. The van der Waals surface area contributed by atoms with Crippen molar-refractivity contribution in [2.45, 2.75) is 18.2 Å². The Hall–Kier alpha value is -3.71. The number of anilines is 1. The molecular formula is C28H28N2O4S. The van der Waals surface area contributed by atoms with E-state index in [4.69, 9.17) is 9.47 Å². The predicted molar refractivity (Wildman–Crippen MR) is 140 cm³/mol. The number of hydrogen-bond donors (Lipinski definition) is 1. The summed E-state index contributed by atoms with van der Waals surface area (Å²) in [5, 5.41) is 2.97. The van der Waals surface area contributed by atoms with Crippen molar-refractivity contribution in [3.8, 4) is 11.5 Å². The highest BCUT2D eigenvalue weighted by molar-refractivity contribution is 8.04. The Morgan fingerprint density at radius 2 is 1.74 bits per heavy atom. The SMILES string of the molecule is COc1ccc(/C=C2\Sc3ccc(C(=O)NCCc4ccc(C)cc4)cc3N(C)C2=O)cc1OC. The van der Waals surface area contributed by atoms with Crippen molar-refractivity contribution in [1.29, 1.82) is 0 Å². The van der Waals surface area contributed by atoms with Gasteiger partial charge in [-0.15, -0.1) is 0 Å². The first-order valence-electron chi connectivity index (χ1n) is 11.3. The summed E-state index contributed by atoms with van der Waals surface area (Å²) in [6.07, 6.45) is 2.59. The molecule has 1 heterocycles. The molecule has 4 rings (SSSR count). The molecule has 6 nitrogen and oxygen atoms in total. The van der Waals surface area contributed by atoms with Gasteiger partial charge in [0, 0.05) is 24.1 Å². The van der Waals surface area contributed by atoms with Crippen LogP contribution in [0, 0.1) is 6.92 Å². The van der Waals surface area contributed by atoms with Gasteiger partial charge in [-0.25, -0.2) is 0 Å². The first-order chi connectivity index (χ1) is 16.9. The Morgan fingerprint density at radius 3 is 2.46 bits per heavy atom. The number of thioether (sulfide) groups is 1. The van der Waals surface area contributed by atoms with Crippen molar-refractivity contribution in [2.24, 2.45) is 0 Å². The lowest BCUT2D eigenvalue weighted by Gasteiger charge is -2.27. The molecular weight excluding hydrogens is 460 g/mol. The molecule has 0 saturated heterocycles. The highest BCUT2D eigenvalue weighted by atomic mass is 32.2. The minimum Gasteiger partial charge on any atom is -0.493 e. The number of benzene rings is 3. The van der Waals surface area contributed by atoms with E-state index >= 15 is 0 Å². The predicted octanol–water partition coefficient (Wildman–Crippen LogP) is 5.09. The van der Waals surface area contributed by atoms with E-state index in [0.717, 1.165) is 22.6 Å². The quantitative estimate of drug-likeness (QED) is 0.469. The second-order valence-electron chi connectivity index (χ2n) is 8.26. The van der Waals surface area contributed by atoms with Gasteiger partial charge in [0.2, 0.25) is 0 Å². The summed E-state index contributed by atoms with van der Waals surface area (Å²) in [7, 11) is 4.89. The standard InChI is InChI=1S/C28H28N2O4S/c1-18-5-7-19(8-6-18)13-14-29-27(31)21-10-12-25-22(17-21)30(2)28(32)26(35-25)16-20-9-11-23(33-3)24(15-20)34-4/h5-12,15-17H,13-14H2,1-4H3,(H,29,31)/b26-16-. The minimum atomic E-state index is -0.155. The van der Waals surface area contributed by atoms with Crippen LogP contribution in [-0.2, 0) is 11.2 Å². The molecule has 1 aliphatic heterocycles. The van der Waals surface area contributed by atoms with Gasteiger partial charge in [-0.05, 0) is 60.9 Å². The maximum absolute atomic E-state index is 13.1. The van der Waals surface area contributed by atoms with Crippen LogP contribution in [0.25, 0.3) is 6.08 Å². The molecule has 0 spiro atoms. The van der Waals surface area contributed by atoms with E-state index in [1.807, 2.05) is 30.3 Å². The summed E-state index contributed by atoms with van der Waals surface area (Å²) in [4.78, 5) is 28.9. The number of rotatable bonds is 7. The third-order valence-electron chi connectivity index (χ3n) is 5.84. The molecule has 0 bridgehead atoms. The molecule has 0 aromatic heterocycles. The number of carbonyl (C=O) groups excluding carboxylic acids is 2. The molecule has 7 heteroatoms. The summed E-state index contributed by atoms with van der Waals surface area (Å²) in [5.74, 6) is 0.943. The fraction of sp³-hybridized carbons (Fsp3) is 0.214. The topological polar surface area (TPSA) is 67.9 Å². The van der Waals surface area contributed by atoms with Crippen LogP contribution >= 0.6 is 11.8 Å². The molecule has 0 atom stereocenters. The maximum Gasteiger partial charge on any atom is 0.264 e. The monoisotopic (exact) mass is 488 g/mol. The third-order valence-corrected chi connectivity index (χ3v) is 6.92. The zero-order valence-electron chi connectivity index (χ0n) is 20.3. The van der Waals surface area contributed by atoms with Crippen LogP contribution in [0.1, 0.15) is 27.0 Å². The van der Waals surface area contributed by atoms with Crippen molar-refractivity contribution in [1.82, 2.24) is 5.32 Å². The van der Waals surface area contributed by atoms with Gasteiger partial charge in [0.05, 0.1) is 24.8 Å². The summed E-state index contributed by atoms with van der Waals surface area (Å²) < 4.78 is 10.7. The van der Waals surface area contributed by atoms with Gasteiger partial charge < -0.3 is 19.7 Å². The van der Waals surface area contributed by atoms with Crippen molar-refractivity contribution < 1.29 is 19.1 Å². The van der Waals surface area contributed by atoms with E-state index in [2.05, 4.69) is 36.5 Å². The third kappa shape index (κ3) is 5.52. The second-order valence-corrected chi connectivity index (χ2v) is 9.35. The zero-order valence-corrected chi connectivity index (χ0v) is 21.1. The molecule has 0 saturated carbocycles. The van der Waals surface area contributed by atoms with Crippen LogP contribution in [0.2, 0.25) is 0 Å². The highest BCUT2D eigenvalue weighted by Crippen LogP contribution is 2.42. The van der Waals surface area contributed by atoms with E-state index in [9.17, 15) is 9.59 Å². The van der Waals surface area contributed by atoms with Gasteiger partial charge in [-0.1, -0.05) is 47.7 Å². The number of methoxy groups -OCH3 is 2. The van der Waals surface area contributed by atoms with E-state index < -0.39 is 0 Å². The summed E-state index contributed by atoms with van der Waals surface area (Å²) >= 11 is 1.39. The van der Waals surface area contributed by atoms with Crippen LogP contribution in [-0.4, -0.2) is 39.6 Å². The van der Waals surface area contributed by atoms with Gasteiger partial charge in [0.15, 0.2) is 11.5 Å². The number of amides is 2. The molecule has 0 radical (unpaired) electrons. The zero-order chi connectivity index (χ0) is 24.9. The summed E-state index contributed by atoms with van der Waals surface area (Å²) in [6.45, 7) is 2.59. The van der Waals surface area contributed by atoms with Gasteiger partial charge >= 0.3 is 0 Å². The lowest BCUT2D eigenvalue weighted by Crippen LogP contribution is -2.31. The molecule has 0 fully saturated rings. The highest BCUT2D eigenvalue weighted by Gasteiger charge is 2.27. The molecule has 1 aliphatic rings. The normalized spacial score (nSPS) is 14.0. The van der Waals surface area contributed by atoms with Gasteiger partial charge in [-0.2, -0.15) is 0 Å². The van der Waals surface area contributed by atoms with Gasteiger partial charge in [0.25, 0.3) is 11.8 Å². The van der Waals surface area contributed by atoms with Crippen LogP contribution in [0.5, 0.6) is 11.5 Å². The fourth-order valence-corrected chi connectivity index (χ4v) is 4.90. The van der Waals surface area contributed by atoms with E-state index in [1.165, 1.54) is 22.9 Å². The molecule has 3 aromatic carbocycles. The second kappa shape index (κ2) is 10.7. The number of carbonyl (C=O) groups is 2. The Morgan fingerprint density at radius 1 is 1.00 bits per heavy atom. The number of ether oxygens (including phenoxy) is 2. The van der Waals surface area contributed by atoms with Crippen LogP contribution < -0.4 is 19.7 Å². The van der Waals surface area contributed by atoms with E-state index in [-0.39, 0.29) is 11.8 Å². The van der Waals surface area contributed by atoms with E-state index in [1.54, 1.807) is 38.3 Å². The number of aryl methyl sites for hydroxylation is 1. The average molecular weight is 489 g/mol. The van der Waals surface area contributed by atoms with Crippen LogP contribution in [0.3, 0.4) is 0 Å². The number of hydrogen-bond acceptors (Lipinski definition) is 5. The van der Waals surface area contributed by atoms with Crippen LogP contribution in [0.4, 0.5) is 5.69 Å². The van der Waals surface area contributed by atoms with Crippen molar-refractivity contribution in [2.75, 3.05) is 32.7 Å². The number of fused-ring (bicyclic) bond motifs is 1. The lowest BCUT2D eigenvalue weighted by molar-refractivity contribution is -0.114. The number of likely N-dealkylation sites (N-methyl/N-ethyl adjacent to an activating group) is 1. The molecule has 0 aliphatic carbocycles. The molecule has 2 amide bonds. The summed E-state index contributed by atoms with van der Waals surface area (Å²) in [5.41, 5.74) is 4.47. The first-order valence-corrected chi connectivity index (χ1v) is 12.1. The molecule has 3 aromatic rings. The van der Waals surface area contributed by atoms with Gasteiger partial charge in [-0.3, -0.25) is 9.59 Å². The van der Waals surface area contributed by atoms with Gasteiger partial charge in [0.1, 0.15) is 0 Å². The van der Waals surface area contributed by atoms with Crippen molar-refractivity contribution in [3.63, 3.8) is 0 Å². The Kier molecular flexibility index (Phi) is 7.46. The fourth-order valence-electron chi connectivity index (χ4n) is 3.81. The molecule has 1 N–H and O–H groups in total. The first kappa shape index (κ1) is 24.4. The largest absolute Gasteiger partial charge is 0.493 e. The van der Waals surface area contributed by atoms with Crippen LogP contribution in [0.15, 0.2) is 70.5 Å². The summed E-state index contributed by atoms with van der Waals surface area (Å²) in [6, 6.07) is 19.3. The molecule has 35 heavy (non-hydrogen) atoms. The minimum absolute atomic E-state index is 0.130. The number of nitrogens with zero attached hydrogens (tertiary/aromatic N) is 1.